The molecule has 1 aliphatic heterocycles. The van der Waals surface area contributed by atoms with Gasteiger partial charge < -0.3 is 15.7 Å². The number of aliphatic carboxylic acids is 1. The van der Waals surface area contributed by atoms with Crippen LogP contribution >= 0.6 is 0 Å². The maximum absolute atomic E-state index is 11.0. The van der Waals surface area contributed by atoms with Gasteiger partial charge in [0, 0.05) is 30.8 Å². The van der Waals surface area contributed by atoms with Gasteiger partial charge in [-0.15, -0.1) is 0 Å². The van der Waals surface area contributed by atoms with E-state index in [1.165, 1.54) is 0 Å². The zero-order valence-corrected chi connectivity index (χ0v) is 10.7. The van der Waals surface area contributed by atoms with Gasteiger partial charge in [-0.05, 0) is 43.0 Å². The normalized spacial score (nSPS) is 19.2. The van der Waals surface area contributed by atoms with E-state index in [2.05, 4.69) is 4.90 Å². The van der Waals surface area contributed by atoms with E-state index in [-0.39, 0.29) is 12.3 Å². The number of nitrogens with zero attached hydrogens (tertiary/aromatic N) is 1. The molecule has 1 saturated heterocycles. The predicted molar refractivity (Wildman–Crippen MR) is 72.1 cm³/mol. The Kier molecular flexibility index (Phi) is 4.04. The molecule has 1 aromatic rings. The van der Waals surface area contributed by atoms with Crippen molar-refractivity contribution in [3.05, 3.63) is 29.8 Å². The third-order valence-corrected chi connectivity index (χ3v) is 3.50. The smallest absolute Gasteiger partial charge is 0.303 e. The Morgan fingerprint density at radius 3 is 2.58 bits per heavy atom. The lowest BCUT2D eigenvalue weighted by Crippen LogP contribution is -2.36. The summed E-state index contributed by atoms with van der Waals surface area (Å²) in [5, 5.41) is 8.85. The summed E-state index contributed by atoms with van der Waals surface area (Å²) in [7, 11) is 0. The van der Waals surface area contributed by atoms with Gasteiger partial charge in [0.05, 0.1) is 0 Å². The van der Waals surface area contributed by atoms with Gasteiger partial charge in [-0.3, -0.25) is 9.59 Å². The minimum Gasteiger partial charge on any atom is -0.481 e. The Bertz CT molecular complexity index is 470. The molecule has 1 aliphatic rings. The summed E-state index contributed by atoms with van der Waals surface area (Å²) in [5.41, 5.74) is 6.70. The molecular formula is C14H18N2O3. The molecule has 19 heavy (non-hydrogen) atoms. The zero-order valence-electron chi connectivity index (χ0n) is 10.7. The van der Waals surface area contributed by atoms with E-state index in [1.54, 1.807) is 12.1 Å². The molecule has 2 rings (SSSR count). The first-order valence-electron chi connectivity index (χ1n) is 6.43. The number of piperidine rings is 1. The number of benzene rings is 1. The summed E-state index contributed by atoms with van der Waals surface area (Å²) in [5.74, 6) is -0.980. The molecule has 1 aromatic carbocycles. The number of hydrogen-bond acceptors (Lipinski definition) is 3. The topological polar surface area (TPSA) is 83.6 Å². The van der Waals surface area contributed by atoms with E-state index in [4.69, 9.17) is 10.8 Å². The number of anilines is 1. The van der Waals surface area contributed by atoms with Crippen LogP contribution in [0.3, 0.4) is 0 Å². The summed E-state index contributed by atoms with van der Waals surface area (Å²) in [6.45, 7) is 1.67. The van der Waals surface area contributed by atoms with Gasteiger partial charge in [0.25, 0.3) is 0 Å². The Morgan fingerprint density at radius 2 is 2.00 bits per heavy atom. The fourth-order valence-electron chi connectivity index (χ4n) is 2.55. The van der Waals surface area contributed by atoms with E-state index in [1.807, 2.05) is 12.1 Å². The first kappa shape index (κ1) is 13.4. The van der Waals surface area contributed by atoms with Crippen LogP contribution < -0.4 is 10.6 Å². The molecule has 0 aliphatic carbocycles. The van der Waals surface area contributed by atoms with Crippen LogP contribution in [-0.2, 0) is 4.79 Å². The van der Waals surface area contributed by atoms with Gasteiger partial charge in [-0.2, -0.15) is 0 Å². The van der Waals surface area contributed by atoms with Crippen LogP contribution in [0, 0.1) is 5.92 Å². The van der Waals surface area contributed by atoms with Crippen LogP contribution in [0.4, 0.5) is 5.69 Å². The number of nitrogens with two attached hydrogens (primary N) is 1. The summed E-state index contributed by atoms with van der Waals surface area (Å²) in [4.78, 5) is 23.9. The first-order valence-corrected chi connectivity index (χ1v) is 6.43. The van der Waals surface area contributed by atoms with Gasteiger partial charge in [-0.25, -0.2) is 0 Å². The summed E-state index contributed by atoms with van der Waals surface area (Å²) in [6.07, 6.45) is 2.17. The summed E-state index contributed by atoms with van der Waals surface area (Å²) in [6, 6.07) is 7.14. The number of carbonyl (C=O) groups is 2. The van der Waals surface area contributed by atoms with Crippen molar-refractivity contribution in [2.45, 2.75) is 19.3 Å². The molecule has 0 radical (unpaired) electrons. The van der Waals surface area contributed by atoms with Crippen molar-refractivity contribution in [3.63, 3.8) is 0 Å². The number of carboxylic acids is 1. The van der Waals surface area contributed by atoms with E-state index < -0.39 is 11.9 Å². The van der Waals surface area contributed by atoms with Crippen molar-refractivity contribution in [3.8, 4) is 0 Å². The van der Waals surface area contributed by atoms with E-state index in [9.17, 15) is 9.59 Å². The number of carboxylic acid groups (broad SMARTS) is 1. The van der Waals surface area contributed by atoms with E-state index in [0.717, 1.165) is 31.6 Å². The Balaban J connectivity index is 2.04. The Labute approximate surface area is 112 Å². The molecule has 1 amide bonds. The zero-order chi connectivity index (χ0) is 13.8. The summed E-state index contributed by atoms with van der Waals surface area (Å²) >= 11 is 0. The minimum atomic E-state index is -0.740. The molecular weight excluding hydrogens is 244 g/mol. The highest BCUT2D eigenvalue weighted by Gasteiger charge is 2.22. The molecule has 3 N–H and O–H groups in total. The molecule has 1 unspecified atom stereocenters. The SMILES string of the molecule is NC(=O)c1ccc(N2CCCC(CC(=O)O)C2)cc1. The number of primary amides is 1. The average Bonchev–Trinajstić information content (AvgIpc) is 2.38. The van der Waals surface area contributed by atoms with Gasteiger partial charge >= 0.3 is 5.97 Å². The summed E-state index contributed by atoms with van der Waals surface area (Å²) < 4.78 is 0. The van der Waals surface area contributed by atoms with Gasteiger partial charge in [0.2, 0.25) is 5.91 Å². The molecule has 5 nitrogen and oxygen atoms in total. The molecule has 5 heteroatoms. The molecule has 1 heterocycles. The van der Waals surface area contributed by atoms with Crippen molar-refractivity contribution in [2.24, 2.45) is 11.7 Å². The van der Waals surface area contributed by atoms with Crippen LogP contribution in [0.15, 0.2) is 24.3 Å². The quantitative estimate of drug-likeness (QED) is 0.860. The lowest BCUT2D eigenvalue weighted by atomic mass is 9.94. The van der Waals surface area contributed by atoms with Crippen LogP contribution in [-0.4, -0.2) is 30.1 Å². The Morgan fingerprint density at radius 1 is 1.32 bits per heavy atom. The van der Waals surface area contributed by atoms with Crippen LogP contribution in [0.5, 0.6) is 0 Å². The third-order valence-electron chi connectivity index (χ3n) is 3.50. The average molecular weight is 262 g/mol. The van der Waals surface area contributed by atoms with Gasteiger partial charge in [0.1, 0.15) is 0 Å². The van der Waals surface area contributed by atoms with E-state index in [0.29, 0.717) is 5.56 Å². The molecule has 0 saturated carbocycles. The number of rotatable bonds is 4. The Hall–Kier alpha value is -2.04. The van der Waals surface area contributed by atoms with Crippen molar-refractivity contribution in [1.82, 2.24) is 0 Å². The van der Waals surface area contributed by atoms with Gasteiger partial charge in [-0.1, -0.05) is 0 Å². The van der Waals surface area contributed by atoms with Crippen molar-refractivity contribution in [2.75, 3.05) is 18.0 Å². The molecule has 1 fully saturated rings. The highest BCUT2D eigenvalue weighted by Crippen LogP contribution is 2.25. The highest BCUT2D eigenvalue weighted by atomic mass is 16.4. The second-order valence-corrected chi connectivity index (χ2v) is 4.96. The second-order valence-electron chi connectivity index (χ2n) is 4.96. The molecule has 0 bridgehead atoms. The molecule has 1 atom stereocenters. The first-order chi connectivity index (χ1) is 9.06. The molecule has 102 valence electrons. The van der Waals surface area contributed by atoms with Gasteiger partial charge in [0.15, 0.2) is 0 Å². The fourth-order valence-corrected chi connectivity index (χ4v) is 2.55. The minimum absolute atomic E-state index is 0.196. The lowest BCUT2D eigenvalue weighted by molar-refractivity contribution is -0.138. The number of hydrogen-bond donors (Lipinski definition) is 2. The standard InChI is InChI=1S/C14H18N2O3/c15-14(19)11-3-5-12(6-4-11)16-7-1-2-10(9-16)8-13(17)18/h3-6,10H,1-2,7-9H2,(H2,15,19)(H,17,18). The van der Waals surface area contributed by atoms with Crippen LogP contribution in [0.1, 0.15) is 29.6 Å². The van der Waals surface area contributed by atoms with E-state index >= 15 is 0 Å². The van der Waals surface area contributed by atoms with Crippen molar-refractivity contribution in [1.29, 1.82) is 0 Å². The van der Waals surface area contributed by atoms with Crippen molar-refractivity contribution >= 4 is 17.6 Å². The maximum atomic E-state index is 11.0. The monoisotopic (exact) mass is 262 g/mol. The molecule has 0 spiro atoms. The fraction of sp³-hybridized carbons (Fsp3) is 0.429. The largest absolute Gasteiger partial charge is 0.481 e. The van der Waals surface area contributed by atoms with Crippen LogP contribution in [0.2, 0.25) is 0 Å². The molecule has 0 aromatic heterocycles. The lowest BCUT2D eigenvalue weighted by Gasteiger charge is -2.33. The number of carbonyl (C=O) groups excluding carboxylic acids is 1. The number of amides is 1. The second kappa shape index (κ2) is 5.73. The van der Waals surface area contributed by atoms with Crippen molar-refractivity contribution < 1.29 is 14.7 Å². The maximum Gasteiger partial charge on any atom is 0.303 e. The third kappa shape index (κ3) is 3.47. The predicted octanol–water partition coefficient (Wildman–Crippen LogP) is 1.48. The highest BCUT2D eigenvalue weighted by molar-refractivity contribution is 5.93. The van der Waals surface area contributed by atoms with Crippen LogP contribution in [0.25, 0.3) is 0 Å².